The number of amides is 1. The lowest BCUT2D eigenvalue weighted by molar-refractivity contribution is -0.144. The Bertz CT molecular complexity index is 927. The van der Waals surface area contributed by atoms with E-state index in [4.69, 9.17) is 4.74 Å². The van der Waals surface area contributed by atoms with Crippen molar-refractivity contribution in [1.82, 2.24) is 9.97 Å². The van der Waals surface area contributed by atoms with Crippen LogP contribution in [0, 0.1) is 0 Å². The number of ether oxygens (including phenoxy) is 1. The molecule has 3 rings (SSSR count). The van der Waals surface area contributed by atoms with Crippen LogP contribution in [-0.4, -0.2) is 34.2 Å². The number of carbonyl (C=O) groups excluding carboxylic acids is 2. The second-order valence-corrected chi connectivity index (χ2v) is 7.23. The summed E-state index contributed by atoms with van der Waals surface area (Å²) in [5.74, 6) is -0.742. The highest BCUT2D eigenvalue weighted by molar-refractivity contribution is 8.00. The standard InChI is InChI=1S/C18H17N3O3S2/c1-2-12-4-3-5-13(8-12)21-15(22)9-24-16(23)10-26-18-14-6-7-25-17(14)19-11-20-18/h3-8,11H,2,9-10H2,1H3,(H,21,22). The number of hydrogen-bond donors (Lipinski definition) is 1. The van der Waals surface area contributed by atoms with E-state index in [0.717, 1.165) is 27.2 Å². The van der Waals surface area contributed by atoms with Gasteiger partial charge < -0.3 is 10.1 Å². The van der Waals surface area contributed by atoms with Crippen LogP contribution >= 0.6 is 23.1 Å². The van der Waals surface area contributed by atoms with Crippen LogP contribution in [0.5, 0.6) is 0 Å². The van der Waals surface area contributed by atoms with Crippen molar-refractivity contribution in [3.05, 3.63) is 47.6 Å². The summed E-state index contributed by atoms with van der Waals surface area (Å²) < 4.78 is 5.04. The maximum atomic E-state index is 11.9. The summed E-state index contributed by atoms with van der Waals surface area (Å²) in [5.41, 5.74) is 1.82. The molecule has 0 aliphatic rings. The summed E-state index contributed by atoms with van der Waals surface area (Å²) in [4.78, 5) is 33.0. The molecule has 2 aromatic heterocycles. The molecule has 0 aliphatic carbocycles. The van der Waals surface area contributed by atoms with Gasteiger partial charge in [-0.1, -0.05) is 30.8 Å². The lowest BCUT2D eigenvalue weighted by Gasteiger charge is -2.07. The molecule has 0 bridgehead atoms. The molecule has 3 aromatic rings. The predicted octanol–water partition coefficient (Wildman–Crippen LogP) is 3.53. The molecule has 2 heterocycles. The number of rotatable bonds is 7. The number of aromatic nitrogens is 2. The van der Waals surface area contributed by atoms with Crippen LogP contribution in [-0.2, 0) is 20.7 Å². The van der Waals surface area contributed by atoms with Gasteiger partial charge in [-0.25, -0.2) is 9.97 Å². The van der Waals surface area contributed by atoms with E-state index in [1.165, 1.54) is 29.4 Å². The highest BCUT2D eigenvalue weighted by atomic mass is 32.2. The maximum absolute atomic E-state index is 11.9. The Balaban J connectivity index is 1.46. The first kappa shape index (κ1) is 18.3. The molecule has 0 saturated carbocycles. The zero-order chi connectivity index (χ0) is 18.4. The monoisotopic (exact) mass is 387 g/mol. The molecule has 0 fully saturated rings. The Morgan fingerprint density at radius 1 is 1.27 bits per heavy atom. The molecular weight excluding hydrogens is 370 g/mol. The van der Waals surface area contributed by atoms with Gasteiger partial charge in [0.25, 0.3) is 5.91 Å². The molecule has 0 atom stereocenters. The van der Waals surface area contributed by atoms with E-state index < -0.39 is 5.97 Å². The Morgan fingerprint density at radius 2 is 2.15 bits per heavy atom. The summed E-state index contributed by atoms with van der Waals surface area (Å²) in [5, 5.41) is 6.31. The first-order valence-electron chi connectivity index (χ1n) is 8.01. The molecule has 0 saturated heterocycles. The quantitative estimate of drug-likeness (QED) is 0.379. The van der Waals surface area contributed by atoms with E-state index in [-0.39, 0.29) is 18.3 Å². The molecule has 1 N–H and O–H groups in total. The van der Waals surface area contributed by atoms with Crippen molar-refractivity contribution < 1.29 is 14.3 Å². The minimum absolute atomic E-state index is 0.0839. The molecule has 26 heavy (non-hydrogen) atoms. The van der Waals surface area contributed by atoms with Gasteiger partial charge in [-0.15, -0.1) is 11.3 Å². The summed E-state index contributed by atoms with van der Waals surface area (Å²) in [7, 11) is 0. The summed E-state index contributed by atoms with van der Waals surface area (Å²) in [6, 6.07) is 9.49. The van der Waals surface area contributed by atoms with E-state index in [0.29, 0.717) is 5.69 Å². The van der Waals surface area contributed by atoms with Gasteiger partial charge in [0.15, 0.2) is 6.61 Å². The number of aryl methyl sites for hydroxylation is 1. The minimum atomic E-state index is -0.463. The summed E-state index contributed by atoms with van der Waals surface area (Å²) >= 11 is 2.79. The van der Waals surface area contributed by atoms with Crippen molar-refractivity contribution in [3.63, 3.8) is 0 Å². The first-order valence-corrected chi connectivity index (χ1v) is 9.87. The third-order valence-corrected chi connectivity index (χ3v) is 5.33. The van der Waals surface area contributed by atoms with E-state index in [1.54, 1.807) is 6.07 Å². The number of thiophene rings is 1. The highest BCUT2D eigenvalue weighted by Crippen LogP contribution is 2.27. The van der Waals surface area contributed by atoms with E-state index in [9.17, 15) is 9.59 Å². The second kappa shape index (κ2) is 8.77. The van der Waals surface area contributed by atoms with Gasteiger partial charge in [-0.05, 0) is 35.6 Å². The Morgan fingerprint density at radius 3 is 3.00 bits per heavy atom. The van der Waals surface area contributed by atoms with Crippen LogP contribution in [0.3, 0.4) is 0 Å². The number of nitrogens with one attached hydrogen (secondary N) is 1. The molecule has 1 aromatic carbocycles. The summed E-state index contributed by atoms with van der Waals surface area (Å²) in [6.45, 7) is 1.73. The number of carbonyl (C=O) groups is 2. The molecule has 0 aliphatic heterocycles. The number of anilines is 1. The number of esters is 1. The molecule has 0 radical (unpaired) electrons. The second-order valence-electron chi connectivity index (χ2n) is 5.37. The van der Waals surface area contributed by atoms with Gasteiger partial charge in [0.05, 0.1) is 5.75 Å². The van der Waals surface area contributed by atoms with E-state index >= 15 is 0 Å². The Kier molecular flexibility index (Phi) is 6.19. The van der Waals surface area contributed by atoms with Crippen LogP contribution in [0.2, 0.25) is 0 Å². The van der Waals surface area contributed by atoms with Crippen molar-refractivity contribution in [2.75, 3.05) is 17.7 Å². The zero-order valence-corrected chi connectivity index (χ0v) is 15.7. The predicted molar refractivity (Wildman–Crippen MR) is 104 cm³/mol. The van der Waals surface area contributed by atoms with E-state index in [2.05, 4.69) is 15.3 Å². The number of hydrogen-bond acceptors (Lipinski definition) is 7. The fraction of sp³-hybridized carbons (Fsp3) is 0.222. The van der Waals surface area contributed by atoms with Crippen LogP contribution in [0.4, 0.5) is 5.69 Å². The first-order chi connectivity index (χ1) is 12.7. The van der Waals surface area contributed by atoms with Crippen molar-refractivity contribution in [2.24, 2.45) is 0 Å². The van der Waals surface area contributed by atoms with Crippen LogP contribution < -0.4 is 5.32 Å². The molecular formula is C18H17N3O3S2. The lowest BCUT2D eigenvalue weighted by Crippen LogP contribution is -2.21. The van der Waals surface area contributed by atoms with Gasteiger partial charge in [-0.3, -0.25) is 9.59 Å². The third-order valence-electron chi connectivity index (χ3n) is 3.54. The molecule has 0 spiro atoms. The highest BCUT2D eigenvalue weighted by Gasteiger charge is 2.11. The average molecular weight is 387 g/mol. The molecule has 8 heteroatoms. The SMILES string of the molecule is CCc1cccc(NC(=O)COC(=O)CSc2ncnc3sccc23)c1. The molecule has 6 nitrogen and oxygen atoms in total. The van der Waals surface area contributed by atoms with Crippen LogP contribution in [0.25, 0.3) is 10.2 Å². The van der Waals surface area contributed by atoms with Crippen molar-refractivity contribution in [1.29, 1.82) is 0 Å². The smallest absolute Gasteiger partial charge is 0.316 e. The van der Waals surface area contributed by atoms with Crippen LogP contribution in [0.15, 0.2) is 47.1 Å². The normalized spacial score (nSPS) is 10.7. The summed E-state index contributed by atoms with van der Waals surface area (Å²) in [6.07, 6.45) is 2.36. The molecule has 1 amide bonds. The van der Waals surface area contributed by atoms with Gasteiger partial charge in [0.1, 0.15) is 16.2 Å². The lowest BCUT2D eigenvalue weighted by atomic mass is 10.1. The average Bonchev–Trinajstić information content (AvgIpc) is 3.14. The molecule has 134 valence electrons. The zero-order valence-electron chi connectivity index (χ0n) is 14.1. The van der Waals surface area contributed by atoms with Crippen molar-refractivity contribution in [3.8, 4) is 0 Å². The number of fused-ring (bicyclic) bond motifs is 1. The van der Waals surface area contributed by atoms with Crippen LogP contribution in [0.1, 0.15) is 12.5 Å². The fourth-order valence-corrected chi connectivity index (χ4v) is 3.84. The molecule has 0 unspecified atom stereocenters. The van der Waals surface area contributed by atoms with Gasteiger partial charge in [0.2, 0.25) is 0 Å². The number of benzene rings is 1. The van der Waals surface area contributed by atoms with Gasteiger partial charge in [0, 0.05) is 11.1 Å². The van der Waals surface area contributed by atoms with Crippen molar-refractivity contribution >= 4 is 50.9 Å². The van der Waals surface area contributed by atoms with Gasteiger partial charge in [-0.2, -0.15) is 0 Å². The van der Waals surface area contributed by atoms with E-state index in [1.807, 2.05) is 36.6 Å². The number of thioether (sulfide) groups is 1. The third kappa shape index (κ3) is 4.80. The van der Waals surface area contributed by atoms with Crippen molar-refractivity contribution in [2.45, 2.75) is 18.4 Å². The largest absolute Gasteiger partial charge is 0.455 e. The Hall–Kier alpha value is -2.45. The minimum Gasteiger partial charge on any atom is -0.455 e. The Labute approximate surface area is 159 Å². The fourth-order valence-electron chi connectivity index (χ4n) is 2.26. The number of nitrogens with zero attached hydrogens (tertiary/aromatic N) is 2. The maximum Gasteiger partial charge on any atom is 0.316 e. The van der Waals surface area contributed by atoms with Gasteiger partial charge >= 0.3 is 5.97 Å². The topological polar surface area (TPSA) is 81.2 Å².